The third-order valence-electron chi connectivity index (χ3n) is 2.11. The van der Waals surface area contributed by atoms with E-state index in [1.54, 1.807) is 0 Å². The lowest BCUT2D eigenvalue weighted by atomic mass is 9.89. The van der Waals surface area contributed by atoms with Crippen LogP contribution in [-0.2, 0) is 0 Å². The first kappa shape index (κ1) is 7.41. The molecule has 0 atom stereocenters. The molecule has 0 fully saturated rings. The van der Waals surface area contributed by atoms with Crippen LogP contribution in [0.2, 0.25) is 0 Å². The topological polar surface area (TPSA) is 3.24 Å². The van der Waals surface area contributed by atoms with Gasteiger partial charge in [0.2, 0.25) is 0 Å². The van der Waals surface area contributed by atoms with Crippen LogP contribution in [0.5, 0.6) is 0 Å². The van der Waals surface area contributed by atoms with Crippen LogP contribution < -0.4 is 0 Å². The normalized spacial score (nSPS) is 23.8. The van der Waals surface area contributed by atoms with Crippen LogP contribution in [0.1, 0.15) is 13.8 Å². The van der Waals surface area contributed by atoms with Crippen molar-refractivity contribution in [2.75, 3.05) is 0 Å². The molecule has 0 unspecified atom stereocenters. The molecule has 1 heteroatoms. The fraction of sp³-hybridized carbons (Fsp3) is 0.273. The number of allylic oxidation sites excluding steroid dienone is 5. The Labute approximate surface area is 73.4 Å². The molecule has 2 rings (SSSR count). The Morgan fingerprint density at radius 1 is 1.17 bits per heavy atom. The van der Waals surface area contributed by atoms with Crippen LogP contribution >= 0.6 is 0 Å². The molecular weight excluding hydrogens is 146 g/mol. The van der Waals surface area contributed by atoms with Crippen LogP contribution in [0.25, 0.3) is 0 Å². The maximum atomic E-state index is 2.27. The van der Waals surface area contributed by atoms with Crippen molar-refractivity contribution in [3.8, 4) is 0 Å². The highest BCUT2D eigenvalue weighted by Gasteiger charge is 2.18. The first-order valence-corrected chi connectivity index (χ1v) is 4.23. The van der Waals surface area contributed by atoms with Gasteiger partial charge in [-0.15, -0.1) is 0 Å². The molecule has 0 saturated heterocycles. The van der Waals surface area contributed by atoms with E-state index < -0.39 is 0 Å². The van der Waals surface area contributed by atoms with Gasteiger partial charge in [0.05, 0.1) is 0 Å². The summed E-state index contributed by atoms with van der Waals surface area (Å²) in [5.74, 6) is 0. The standard InChI is InChI=1S/C11H13N/c1-11(2)6-8-12-7-4-3-5-10(12)9-11/h3-9H,1-2H3. The van der Waals surface area contributed by atoms with Crippen LogP contribution in [0.3, 0.4) is 0 Å². The Bertz CT molecular complexity index is 303. The predicted octanol–water partition coefficient (Wildman–Crippen LogP) is 2.81. The maximum Gasteiger partial charge on any atom is 0.0417 e. The first-order chi connectivity index (χ1) is 5.67. The zero-order valence-electron chi connectivity index (χ0n) is 7.49. The quantitative estimate of drug-likeness (QED) is 0.525. The average molecular weight is 159 g/mol. The molecule has 0 N–H and O–H groups in total. The summed E-state index contributed by atoms with van der Waals surface area (Å²) in [6.45, 7) is 4.42. The smallest absolute Gasteiger partial charge is 0.0417 e. The van der Waals surface area contributed by atoms with Gasteiger partial charge in [-0.1, -0.05) is 32.1 Å². The molecule has 0 bridgehead atoms. The van der Waals surface area contributed by atoms with Gasteiger partial charge in [0.25, 0.3) is 0 Å². The number of rotatable bonds is 0. The molecule has 2 aliphatic heterocycles. The zero-order chi connectivity index (χ0) is 8.60. The van der Waals surface area contributed by atoms with E-state index >= 15 is 0 Å². The van der Waals surface area contributed by atoms with Gasteiger partial charge >= 0.3 is 0 Å². The maximum absolute atomic E-state index is 2.27. The molecule has 12 heavy (non-hydrogen) atoms. The third-order valence-corrected chi connectivity index (χ3v) is 2.11. The van der Waals surface area contributed by atoms with Crippen molar-refractivity contribution < 1.29 is 0 Å². The van der Waals surface area contributed by atoms with Crippen LogP contribution in [0.4, 0.5) is 0 Å². The molecule has 2 heterocycles. The van der Waals surface area contributed by atoms with Crippen LogP contribution in [0, 0.1) is 5.41 Å². The molecule has 0 aromatic carbocycles. The Morgan fingerprint density at radius 2 is 2.00 bits per heavy atom. The largest absolute Gasteiger partial charge is 0.324 e. The van der Waals surface area contributed by atoms with E-state index in [2.05, 4.69) is 55.5 Å². The lowest BCUT2D eigenvalue weighted by Crippen LogP contribution is -2.19. The highest BCUT2D eigenvalue weighted by Crippen LogP contribution is 2.29. The molecule has 0 aromatic heterocycles. The summed E-state index contributed by atoms with van der Waals surface area (Å²) in [6, 6.07) is 0. The number of fused-ring (bicyclic) bond motifs is 1. The van der Waals surface area contributed by atoms with Crippen LogP contribution in [0.15, 0.2) is 48.5 Å². The third kappa shape index (κ3) is 1.22. The molecule has 0 aromatic rings. The molecule has 0 radical (unpaired) electrons. The summed E-state index contributed by atoms with van der Waals surface area (Å²) in [6.07, 6.45) is 14.9. The van der Waals surface area contributed by atoms with Gasteiger partial charge in [0.15, 0.2) is 0 Å². The van der Waals surface area contributed by atoms with Gasteiger partial charge in [-0.2, -0.15) is 0 Å². The molecule has 0 saturated carbocycles. The van der Waals surface area contributed by atoms with Gasteiger partial charge in [-0.05, 0) is 12.2 Å². The summed E-state index contributed by atoms with van der Waals surface area (Å²) in [7, 11) is 0. The second-order valence-electron chi connectivity index (χ2n) is 3.81. The fourth-order valence-electron chi connectivity index (χ4n) is 1.43. The van der Waals surface area contributed by atoms with E-state index in [1.807, 2.05) is 6.08 Å². The van der Waals surface area contributed by atoms with Crippen LogP contribution in [-0.4, -0.2) is 4.90 Å². The fourth-order valence-corrected chi connectivity index (χ4v) is 1.43. The molecule has 2 aliphatic rings. The molecular formula is C11H13N. The van der Waals surface area contributed by atoms with Gasteiger partial charge in [0, 0.05) is 23.5 Å². The van der Waals surface area contributed by atoms with E-state index in [9.17, 15) is 0 Å². The van der Waals surface area contributed by atoms with Crippen molar-refractivity contribution in [1.82, 2.24) is 4.90 Å². The second kappa shape index (κ2) is 2.37. The summed E-state index contributed by atoms with van der Waals surface area (Å²) in [5, 5.41) is 0. The van der Waals surface area contributed by atoms with Gasteiger partial charge < -0.3 is 4.90 Å². The number of nitrogens with zero attached hydrogens (tertiary/aromatic N) is 1. The second-order valence-corrected chi connectivity index (χ2v) is 3.81. The Kier molecular flexibility index (Phi) is 1.47. The Morgan fingerprint density at radius 3 is 2.83 bits per heavy atom. The zero-order valence-corrected chi connectivity index (χ0v) is 7.49. The summed E-state index contributed by atoms with van der Waals surface area (Å²) < 4.78 is 0. The molecule has 0 spiro atoms. The number of hydrogen-bond donors (Lipinski definition) is 0. The van der Waals surface area contributed by atoms with E-state index in [4.69, 9.17) is 0 Å². The molecule has 62 valence electrons. The van der Waals surface area contributed by atoms with Crippen molar-refractivity contribution >= 4 is 0 Å². The number of hydrogen-bond acceptors (Lipinski definition) is 1. The van der Waals surface area contributed by atoms with Crippen molar-refractivity contribution in [3.63, 3.8) is 0 Å². The Hall–Kier alpha value is -1.24. The average Bonchev–Trinajstić information content (AvgIpc) is 2.02. The minimum Gasteiger partial charge on any atom is -0.324 e. The van der Waals surface area contributed by atoms with Gasteiger partial charge in [-0.25, -0.2) is 0 Å². The first-order valence-electron chi connectivity index (χ1n) is 4.23. The molecule has 1 nitrogen and oxygen atoms in total. The SMILES string of the molecule is CC1(C)C=CN2C=CC=CC2=C1. The summed E-state index contributed by atoms with van der Waals surface area (Å²) in [5.41, 5.74) is 1.46. The lowest BCUT2D eigenvalue weighted by Gasteiger charge is -2.29. The highest BCUT2D eigenvalue weighted by atomic mass is 15.1. The van der Waals surface area contributed by atoms with Crippen molar-refractivity contribution in [2.24, 2.45) is 5.41 Å². The monoisotopic (exact) mass is 159 g/mol. The van der Waals surface area contributed by atoms with Gasteiger partial charge in [-0.3, -0.25) is 0 Å². The summed E-state index contributed by atoms with van der Waals surface area (Å²) >= 11 is 0. The van der Waals surface area contributed by atoms with E-state index in [-0.39, 0.29) is 5.41 Å². The highest BCUT2D eigenvalue weighted by molar-refractivity contribution is 5.35. The van der Waals surface area contributed by atoms with Gasteiger partial charge in [0.1, 0.15) is 0 Å². The Balaban J connectivity index is 2.36. The lowest BCUT2D eigenvalue weighted by molar-refractivity contribution is 0.530. The van der Waals surface area contributed by atoms with Crippen molar-refractivity contribution in [1.29, 1.82) is 0 Å². The van der Waals surface area contributed by atoms with E-state index in [1.165, 1.54) is 5.70 Å². The van der Waals surface area contributed by atoms with E-state index in [0.29, 0.717) is 0 Å². The molecule has 0 aliphatic carbocycles. The van der Waals surface area contributed by atoms with Crippen molar-refractivity contribution in [3.05, 3.63) is 48.5 Å². The minimum absolute atomic E-state index is 0.196. The minimum atomic E-state index is 0.196. The van der Waals surface area contributed by atoms with E-state index in [0.717, 1.165) is 0 Å². The molecule has 0 amide bonds. The van der Waals surface area contributed by atoms with Crippen molar-refractivity contribution in [2.45, 2.75) is 13.8 Å². The summed E-state index contributed by atoms with van der Waals surface area (Å²) in [4.78, 5) is 2.13. The predicted molar refractivity (Wildman–Crippen MR) is 51.1 cm³/mol.